The number of rotatable bonds is 1. The van der Waals surface area contributed by atoms with Crippen LogP contribution in [0.5, 0.6) is 0 Å². The van der Waals surface area contributed by atoms with Crippen molar-refractivity contribution in [3.8, 4) is 10.4 Å². The first-order valence-electron chi connectivity index (χ1n) is 8.07. The molecule has 0 saturated carbocycles. The molecule has 0 bridgehead atoms. The van der Waals surface area contributed by atoms with Crippen molar-refractivity contribution in [1.29, 1.82) is 0 Å². The van der Waals surface area contributed by atoms with Gasteiger partial charge in [-0.15, -0.1) is 11.3 Å². The van der Waals surface area contributed by atoms with Crippen LogP contribution in [0.3, 0.4) is 0 Å². The quantitative estimate of drug-likeness (QED) is 0.424. The van der Waals surface area contributed by atoms with E-state index in [1.54, 1.807) is 11.3 Å². The van der Waals surface area contributed by atoms with Crippen molar-refractivity contribution in [1.82, 2.24) is 9.46 Å². The summed E-state index contributed by atoms with van der Waals surface area (Å²) in [5.41, 5.74) is 5.19. The van der Waals surface area contributed by atoms with Crippen molar-refractivity contribution in [2.75, 3.05) is 0 Å². The van der Waals surface area contributed by atoms with Crippen LogP contribution in [-0.4, -0.2) is 17.0 Å². The number of hydrogen-bond donors (Lipinski definition) is 0. The normalized spacial score (nSPS) is 12.6. The second kappa shape index (κ2) is 4.77. The highest BCUT2D eigenvalue weighted by Gasteiger charge is 2.26. The number of fused-ring (bicyclic) bond motifs is 4. The van der Waals surface area contributed by atoms with Crippen molar-refractivity contribution in [3.63, 3.8) is 0 Å². The van der Waals surface area contributed by atoms with Crippen LogP contribution in [0, 0.1) is 0 Å². The lowest BCUT2D eigenvalue weighted by Gasteiger charge is -2.07. The van der Waals surface area contributed by atoms with Crippen LogP contribution in [0.2, 0.25) is 0 Å². The molecule has 2 aromatic carbocycles. The van der Waals surface area contributed by atoms with Crippen molar-refractivity contribution >= 4 is 46.4 Å². The van der Waals surface area contributed by atoms with Gasteiger partial charge in [0.15, 0.2) is 0 Å². The summed E-state index contributed by atoms with van der Waals surface area (Å²) in [6.07, 6.45) is 3.96. The zero-order chi connectivity index (χ0) is 16.4. The minimum absolute atomic E-state index is 0.932. The van der Waals surface area contributed by atoms with Gasteiger partial charge in [-0.1, -0.05) is 24.3 Å². The number of nitrogens with zero attached hydrogens (tertiary/aromatic N) is 4. The molecule has 1 radical (unpaired) electrons. The molecular weight excluding hydrogens is 327 g/mol. The maximum Gasteiger partial charge on any atom is 0.555 e. The first-order valence-corrected chi connectivity index (χ1v) is 8.95. The zero-order valence-electron chi connectivity index (χ0n) is 13.1. The van der Waals surface area contributed by atoms with E-state index in [-0.39, 0.29) is 0 Å². The van der Waals surface area contributed by atoms with Gasteiger partial charge < -0.3 is 4.48 Å². The molecule has 1 aliphatic rings. The van der Waals surface area contributed by atoms with Crippen molar-refractivity contribution in [2.45, 2.75) is 0 Å². The van der Waals surface area contributed by atoms with Gasteiger partial charge in [-0.25, -0.2) is 0 Å². The average molecular weight is 338 g/mol. The van der Waals surface area contributed by atoms with Gasteiger partial charge in [-0.05, 0) is 28.6 Å². The van der Waals surface area contributed by atoms with Gasteiger partial charge in [-0.2, -0.15) is 0 Å². The van der Waals surface area contributed by atoms with Gasteiger partial charge in [0.05, 0.1) is 22.0 Å². The molecule has 3 aromatic heterocycles. The lowest BCUT2D eigenvalue weighted by Crippen LogP contribution is -2.50. The molecule has 25 heavy (non-hydrogen) atoms. The highest BCUT2D eigenvalue weighted by atomic mass is 32.1. The minimum Gasteiger partial charge on any atom is -0.307 e. The summed E-state index contributed by atoms with van der Waals surface area (Å²) >= 11 is 1.64. The Balaban J connectivity index is 1.68. The molecular formula is C19H11BN4S+. The van der Waals surface area contributed by atoms with Gasteiger partial charge in [0, 0.05) is 28.7 Å². The molecule has 115 valence electrons. The lowest BCUT2D eigenvalue weighted by molar-refractivity contribution is -0.518. The Bertz CT molecular complexity index is 1320. The van der Waals surface area contributed by atoms with E-state index in [2.05, 4.69) is 76.2 Å². The molecule has 4 nitrogen and oxygen atoms in total. The van der Waals surface area contributed by atoms with E-state index in [0.29, 0.717) is 0 Å². The summed E-state index contributed by atoms with van der Waals surface area (Å²) in [6.45, 7) is 0. The average Bonchev–Trinajstić information content (AvgIpc) is 3.29. The molecule has 0 spiro atoms. The summed E-state index contributed by atoms with van der Waals surface area (Å²) in [5, 5.41) is 3.72. The Hall–Kier alpha value is -2.99. The van der Waals surface area contributed by atoms with Crippen LogP contribution >= 0.6 is 11.3 Å². The Kier molecular flexibility index (Phi) is 2.54. The Morgan fingerprint density at radius 2 is 2.00 bits per heavy atom. The third-order valence-corrected chi connectivity index (χ3v) is 5.57. The topological polar surface area (TPSA) is 34.1 Å². The molecule has 0 amide bonds. The summed E-state index contributed by atoms with van der Waals surface area (Å²) in [7, 11) is 2.11. The fraction of sp³-hybridized carbons (Fsp3) is 0. The van der Waals surface area contributed by atoms with E-state index >= 15 is 0 Å². The number of benzene rings is 2. The van der Waals surface area contributed by atoms with Crippen molar-refractivity contribution < 1.29 is 4.48 Å². The second-order valence-electron chi connectivity index (χ2n) is 6.15. The molecule has 5 aromatic rings. The van der Waals surface area contributed by atoms with E-state index < -0.39 is 0 Å². The van der Waals surface area contributed by atoms with E-state index in [1.807, 2.05) is 11.7 Å². The first-order chi connectivity index (χ1) is 12.4. The minimum atomic E-state index is 0.932. The highest BCUT2D eigenvalue weighted by molar-refractivity contribution is 7.13. The summed E-state index contributed by atoms with van der Waals surface area (Å²) < 4.78 is 4.25. The molecule has 6 rings (SSSR count). The second-order valence-corrected chi connectivity index (χ2v) is 7.03. The molecule has 0 N–H and O–H groups in total. The third-order valence-electron chi connectivity index (χ3n) is 4.75. The van der Waals surface area contributed by atoms with Crippen LogP contribution in [0.25, 0.3) is 32.1 Å². The summed E-state index contributed by atoms with van der Waals surface area (Å²) in [6, 6.07) is 17.1. The fourth-order valence-corrected chi connectivity index (χ4v) is 4.23. The van der Waals surface area contributed by atoms with Crippen LogP contribution in [0.15, 0.2) is 71.4 Å². The van der Waals surface area contributed by atoms with E-state index in [1.165, 1.54) is 21.7 Å². The van der Waals surface area contributed by atoms with Crippen LogP contribution in [0.4, 0.5) is 5.82 Å². The van der Waals surface area contributed by atoms with E-state index in [4.69, 9.17) is 4.99 Å². The maximum atomic E-state index is 4.98. The molecule has 0 unspecified atom stereocenters. The van der Waals surface area contributed by atoms with E-state index in [9.17, 15) is 0 Å². The smallest absolute Gasteiger partial charge is 0.307 e. The number of aromatic nitrogens is 3. The summed E-state index contributed by atoms with van der Waals surface area (Å²) in [4.78, 5) is 10.3. The third kappa shape index (κ3) is 1.80. The Morgan fingerprint density at radius 3 is 2.88 bits per heavy atom. The Morgan fingerprint density at radius 1 is 1.08 bits per heavy atom. The van der Waals surface area contributed by atoms with Gasteiger partial charge >= 0.3 is 13.4 Å². The number of thiazole rings is 1. The lowest BCUT2D eigenvalue weighted by atomic mass is 10.1. The van der Waals surface area contributed by atoms with Gasteiger partial charge in [0.1, 0.15) is 0 Å². The standard InChI is InChI=1S/C19H11BN4S/c1-3-12-4-2-6-15-18(12)14(5-1)19-22-17-9-13(16-10-21-11-25-16)7-8-23(17)20-24(15)19/h1-11H/q+1. The van der Waals surface area contributed by atoms with Crippen LogP contribution in [-0.2, 0) is 0 Å². The number of pyridine rings is 1. The molecule has 0 fully saturated rings. The fourth-order valence-electron chi connectivity index (χ4n) is 3.61. The molecule has 0 aliphatic carbocycles. The molecule has 1 aliphatic heterocycles. The number of hydrogen-bond acceptors (Lipinski definition) is 3. The van der Waals surface area contributed by atoms with Crippen molar-refractivity contribution in [3.05, 3.63) is 71.9 Å². The molecule has 0 atom stereocenters. The van der Waals surface area contributed by atoms with Gasteiger partial charge in [-0.3, -0.25) is 9.46 Å². The summed E-state index contributed by atoms with van der Waals surface area (Å²) in [5.74, 6) is 0.932. The molecule has 6 heteroatoms. The predicted octanol–water partition coefficient (Wildman–Crippen LogP) is 3.12. The van der Waals surface area contributed by atoms with Crippen LogP contribution < -0.4 is 9.97 Å². The largest absolute Gasteiger partial charge is 0.555 e. The monoisotopic (exact) mass is 338 g/mol. The van der Waals surface area contributed by atoms with Gasteiger partial charge in [0.25, 0.3) is 0 Å². The predicted molar refractivity (Wildman–Crippen MR) is 100 cm³/mol. The highest BCUT2D eigenvalue weighted by Crippen LogP contribution is 2.28. The maximum absolute atomic E-state index is 4.98. The zero-order valence-corrected chi connectivity index (χ0v) is 13.9. The SMILES string of the molecule is [B]1n2c(c3cccc4cccc2c43)=Nc2cc(-c3cncs3)cc[n+]21. The molecule has 0 saturated heterocycles. The first kappa shape index (κ1) is 13.3. The van der Waals surface area contributed by atoms with Crippen LogP contribution in [0.1, 0.15) is 0 Å². The van der Waals surface area contributed by atoms with Crippen molar-refractivity contribution in [2.24, 2.45) is 4.99 Å². The Labute approximate surface area is 148 Å². The van der Waals surface area contributed by atoms with Gasteiger partial charge in [0.2, 0.25) is 5.49 Å². The molecule has 4 heterocycles. The van der Waals surface area contributed by atoms with E-state index in [0.717, 1.165) is 21.7 Å².